The summed E-state index contributed by atoms with van der Waals surface area (Å²) in [6.07, 6.45) is -3.53. The Hall–Kier alpha value is -3.28. The van der Waals surface area contributed by atoms with Gasteiger partial charge in [-0.15, -0.1) is 0 Å². The molecule has 0 spiro atoms. The van der Waals surface area contributed by atoms with Crippen LogP contribution < -0.4 is 10.2 Å². The third-order valence-corrected chi connectivity index (χ3v) is 7.81. The van der Waals surface area contributed by atoms with Crippen molar-refractivity contribution in [2.45, 2.75) is 18.0 Å². The van der Waals surface area contributed by atoms with E-state index in [1.807, 2.05) is 6.92 Å². The molecule has 35 heavy (non-hydrogen) atoms. The van der Waals surface area contributed by atoms with Crippen molar-refractivity contribution in [3.8, 4) is 0 Å². The highest BCUT2D eigenvalue weighted by molar-refractivity contribution is 7.90. The number of urea groups is 1. The summed E-state index contributed by atoms with van der Waals surface area (Å²) in [5.74, 6) is -1.48. The van der Waals surface area contributed by atoms with Gasteiger partial charge in [-0.25, -0.2) is 18.0 Å². The van der Waals surface area contributed by atoms with E-state index < -0.39 is 39.0 Å². The van der Waals surface area contributed by atoms with Gasteiger partial charge in [0.2, 0.25) is 0 Å². The van der Waals surface area contributed by atoms with Gasteiger partial charge in [0, 0.05) is 49.5 Å². The molecule has 0 bridgehead atoms. The molecular weight excluding hydrogens is 487 g/mol. The molecule has 12 heteroatoms. The van der Waals surface area contributed by atoms with E-state index in [2.05, 4.69) is 5.32 Å². The smallest absolute Gasteiger partial charge is 0.418 e. The summed E-state index contributed by atoms with van der Waals surface area (Å²) in [6.45, 7) is 3.16. The van der Waals surface area contributed by atoms with Crippen molar-refractivity contribution in [2.24, 2.45) is 11.3 Å². The molecule has 2 aliphatic rings. The van der Waals surface area contributed by atoms with E-state index in [0.717, 1.165) is 18.4 Å². The van der Waals surface area contributed by atoms with Gasteiger partial charge in [0.05, 0.1) is 21.7 Å². The molecule has 2 atom stereocenters. The van der Waals surface area contributed by atoms with Crippen LogP contribution >= 0.6 is 0 Å². The van der Waals surface area contributed by atoms with Gasteiger partial charge in [0.25, 0.3) is 0 Å². The van der Waals surface area contributed by atoms with Crippen LogP contribution in [-0.2, 0) is 16.0 Å². The van der Waals surface area contributed by atoms with Gasteiger partial charge in [-0.05, 0) is 30.3 Å². The fourth-order valence-corrected chi connectivity index (χ4v) is 5.55. The molecule has 0 radical (unpaired) electrons. The summed E-state index contributed by atoms with van der Waals surface area (Å²) >= 11 is 0. The van der Waals surface area contributed by atoms with Crippen molar-refractivity contribution in [3.05, 3.63) is 53.6 Å². The molecule has 2 aromatic carbocycles. The lowest BCUT2D eigenvalue weighted by Crippen LogP contribution is -2.38. The van der Waals surface area contributed by atoms with E-state index in [9.17, 15) is 36.3 Å². The number of aromatic carboxylic acids is 1. The quantitative estimate of drug-likeness (QED) is 0.647. The van der Waals surface area contributed by atoms with Crippen LogP contribution in [0.4, 0.5) is 29.3 Å². The minimum absolute atomic E-state index is 0.0437. The molecule has 4 rings (SSSR count). The summed E-state index contributed by atoms with van der Waals surface area (Å²) in [4.78, 5) is 27.6. The maximum atomic E-state index is 13.5. The number of nitrogens with zero attached hydrogens (tertiary/aromatic N) is 2. The number of hydrogen-bond donors (Lipinski definition) is 2. The fourth-order valence-electron chi connectivity index (χ4n) is 4.90. The molecule has 2 aliphatic heterocycles. The van der Waals surface area contributed by atoms with E-state index in [1.54, 1.807) is 11.0 Å². The van der Waals surface area contributed by atoms with Crippen molar-refractivity contribution in [1.29, 1.82) is 0 Å². The zero-order valence-electron chi connectivity index (χ0n) is 19.0. The lowest BCUT2D eigenvalue weighted by molar-refractivity contribution is -0.137. The number of carboxylic acids is 1. The molecule has 2 saturated heterocycles. The van der Waals surface area contributed by atoms with Gasteiger partial charge in [-0.2, -0.15) is 13.2 Å². The Bertz CT molecular complexity index is 1300. The van der Waals surface area contributed by atoms with E-state index in [1.165, 1.54) is 29.2 Å². The number of anilines is 2. The summed E-state index contributed by atoms with van der Waals surface area (Å²) in [5.41, 5.74) is -1.44. The number of halogens is 3. The molecular formula is C23H24F3N3O5S. The number of fused-ring (bicyclic) bond motifs is 1. The molecule has 2 N–H and O–H groups in total. The largest absolute Gasteiger partial charge is 0.478 e. The molecule has 2 fully saturated rings. The van der Waals surface area contributed by atoms with Gasteiger partial charge in [0.15, 0.2) is 9.84 Å². The van der Waals surface area contributed by atoms with Crippen LogP contribution in [0.5, 0.6) is 0 Å². The molecule has 2 heterocycles. The number of alkyl halides is 3. The van der Waals surface area contributed by atoms with Crippen molar-refractivity contribution in [2.75, 3.05) is 42.7 Å². The Morgan fingerprint density at radius 1 is 1.11 bits per heavy atom. The number of carbonyl (C=O) groups excluding carboxylic acids is 1. The number of carboxylic acid groups (broad SMARTS) is 1. The topological polar surface area (TPSA) is 107 Å². The van der Waals surface area contributed by atoms with Crippen LogP contribution in [0.1, 0.15) is 22.8 Å². The van der Waals surface area contributed by atoms with E-state index >= 15 is 0 Å². The van der Waals surface area contributed by atoms with Crippen LogP contribution in [0, 0.1) is 11.3 Å². The van der Waals surface area contributed by atoms with E-state index in [0.29, 0.717) is 13.1 Å². The van der Waals surface area contributed by atoms with E-state index in [-0.39, 0.29) is 40.8 Å². The van der Waals surface area contributed by atoms with Crippen LogP contribution in [0.25, 0.3) is 0 Å². The number of likely N-dealkylation sites (tertiary alicyclic amines) is 1. The number of amides is 2. The third-order valence-electron chi connectivity index (χ3n) is 6.70. The lowest BCUT2D eigenvalue weighted by atomic mass is 9.83. The number of para-hydroxylation sites is 1. The first kappa shape index (κ1) is 24.8. The van der Waals surface area contributed by atoms with Gasteiger partial charge in [0.1, 0.15) is 0 Å². The summed E-state index contributed by atoms with van der Waals surface area (Å²) in [6, 6.07) is 8.30. The number of carbonyl (C=O) groups is 2. The van der Waals surface area contributed by atoms with Gasteiger partial charge in [-0.1, -0.05) is 19.1 Å². The molecule has 0 aliphatic carbocycles. The van der Waals surface area contributed by atoms with Crippen molar-refractivity contribution in [1.82, 2.24) is 4.90 Å². The second kappa shape index (κ2) is 8.43. The van der Waals surface area contributed by atoms with Crippen molar-refractivity contribution in [3.63, 3.8) is 0 Å². The monoisotopic (exact) mass is 511 g/mol. The molecule has 0 saturated carbocycles. The second-order valence-electron chi connectivity index (χ2n) is 9.34. The summed E-state index contributed by atoms with van der Waals surface area (Å²) in [7, 11) is -3.64. The highest BCUT2D eigenvalue weighted by Gasteiger charge is 2.51. The van der Waals surface area contributed by atoms with Crippen LogP contribution in [0.15, 0.2) is 47.4 Å². The standard InChI is InChI=1S/C23H24F3N3O5S/c1-22-12-28(19-6-4-3-5-17(19)23(24,25)26)10-14(22)11-29(13-22)21(32)27-18-8-7-15(35(2,33)34)9-16(18)20(30)31/h3-9,14H,10-13H2,1-2H3,(H,27,32)(H,30,31)/t14-,22+/m0/s1. The van der Waals surface area contributed by atoms with Crippen LogP contribution in [-0.4, -0.2) is 62.9 Å². The number of hydrogen-bond acceptors (Lipinski definition) is 5. The summed E-state index contributed by atoms with van der Waals surface area (Å²) < 4.78 is 63.9. The first-order valence-corrected chi connectivity index (χ1v) is 12.6. The third kappa shape index (κ3) is 4.79. The van der Waals surface area contributed by atoms with Gasteiger partial charge < -0.3 is 20.2 Å². The first-order chi connectivity index (χ1) is 16.2. The Balaban J connectivity index is 1.49. The molecule has 2 aromatic rings. The predicted octanol–water partition coefficient (Wildman–Crippen LogP) is 3.80. The number of rotatable bonds is 4. The van der Waals surface area contributed by atoms with E-state index in [4.69, 9.17) is 0 Å². The zero-order valence-corrected chi connectivity index (χ0v) is 19.8. The number of benzene rings is 2. The minimum atomic E-state index is -4.48. The Morgan fingerprint density at radius 3 is 2.40 bits per heavy atom. The van der Waals surface area contributed by atoms with Crippen molar-refractivity contribution < 1.29 is 36.3 Å². The molecule has 188 valence electrons. The van der Waals surface area contributed by atoms with Gasteiger partial charge in [-0.3, -0.25) is 0 Å². The lowest BCUT2D eigenvalue weighted by Gasteiger charge is -2.28. The highest BCUT2D eigenvalue weighted by atomic mass is 32.2. The normalized spacial score (nSPS) is 22.3. The summed E-state index contributed by atoms with van der Waals surface area (Å²) in [5, 5.41) is 12.0. The minimum Gasteiger partial charge on any atom is -0.478 e. The molecule has 8 nitrogen and oxygen atoms in total. The maximum absolute atomic E-state index is 13.5. The Kier molecular flexibility index (Phi) is 5.98. The maximum Gasteiger partial charge on any atom is 0.418 e. The average molecular weight is 512 g/mol. The molecule has 2 amide bonds. The number of nitrogens with one attached hydrogen (secondary N) is 1. The van der Waals surface area contributed by atoms with Crippen LogP contribution in [0.2, 0.25) is 0 Å². The van der Waals surface area contributed by atoms with Gasteiger partial charge >= 0.3 is 18.2 Å². The molecule has 0 unspecified atom stereocenters. The highest BCUT2D eigenvalue weighted by Crippen LogP contribution is 2.46. The second-order valence-corrected chi connectivity index (χ2v) is 11.4. The predicted molar refractivity (Wildman–Crippen MR) is 122 cm³/mol. The Labute approximate surface area is 200 Å². The SMILES string of the molecule is C[C@@]12CN(C(=O)Nc3ccc(S(C)(=O)=O)cc3C(=O)O)C[C@@H]1CN(c1ccccc1C(F)(F)F)C2. The fraction of sp³-hybridized carbons (Fsp3) is 0.391. The molecule has 0 aromatic heterocycles. The first-order valence-electron chi connectivity index (χ1n) is 10.7. The Morgan fingerprint density at radius 2 is 1.80 bits per heavy atom. The number of sulfone groups is 1. The zero-order chi connectivity index (χ0) is 25.8. The average Bonchev–Trinajstić information content (AvgIpc) is 3.24. The van der Waals surface area contributed by atoms with Crippen LogP contribution in [0.3, 0.4) is 0 Å². The van der Waals surface area contributed by atoms with Crippen molar-refractivity contribution >= 4 is 33.2 Å².